The topological polar surface area (TPSA) is 49.8 Å². The second-order valence-electron chi connectivity index (χ2n) is 7.99. The van der Waals surface area contributed by atoms with Crippen molar-refractivity contribution in [2.24, 2.45) is 5.92 Å². The first kappa shape index (κ1) is 16.1. The summed E-state index contributed by atoms with van der Waals surface area (Å²) in [6.07, 6.45) is 5.02. The molecular formula is C20H27NO3. The fraction of sp³-hybridized carbons (Fsp3) is 0.650. The average Bonchev–Trinajstić information content (AvgIpc) is 3.39. The minimum Gasteiger partial charge on any atom is -0.497 e. The molecule has 4 nitrogen and oxygen atoms in total. The van der Waals surface area contributed by atoms with Crippen molar-refractivity contribution in [2.75, 3.05) is 26.7 Å². The number of carbonyl (C=O) groups excluding carboxylic acids is 1. The van der Waals surface area contributed by atoms with Gasteiger partial charge >= 0.3 is 0 Å². The molecule has 4 rings (SSSR count). The van der Waals surface area contributed by atoms with Gasteiger partial charge in [0, 0.05) is 31.3 Å². The molecule has 1 heterocycles. The van der Waals surface area contributed by atoms with Crippen molar-refractivity contribution in [1.29, 1.82) is 0 Å². The van der Waals surface area contributed by atoms with Gasteiger partial charge in [0.1, 0.15) is 11.5 Å². The molecule has 1 aromatic rings. The number of Topliss-reactive ketones (excluding diaryl/α,β-unsaturated/α-hetero) is 1. The molecule has 4 heteroatoms. The van der Waals surface area contributed by atoms with Gasteiger partial charge in [0.15, 0.2) is 0 Å². The molecule has 0 radical (unpaired) electrons. The van der Waals surface area contributed by atoms with E-state index in [-0.39, 0.29) is 5.78 Å². The number of methoxy groups -OCH3 is 1. The first-order chi connectivity index (χ1) is 11.5. The standard InChI is InChI=1S/C20H27NO3/c1-24-18-4-2-3-16(11-18)19-9-10-21(13-15-5-6-15)14-20(19,23)8-7-17(22)12-19/h2-4,11,15,23H,5-10,12-14H2,1H3. The lowest BCUT2D eigenvalue weighted by Gasteiger charge is -2.56. The van der Waals surface area contributed by atoms with Crippen molar-refractivity contribution in [1.82, 2.24) is 4.90 Å². The van der Waals surface area contributed by atoms with E-state index in [2.05, 4.69) is 11.0 Å². The van der Waals surface area contributed by atoms with Crippen LogP contribution < -0.4 is 4.74 Å². The van der Waals surface area contributed by atoms with Gasteiger partial charge in [-0.3, -0.25) is 4.79 Å². The Kier molecular flexibility index (Phi) is 3.92. The Balaban J connectivity index is 1.69. The summed E-state index contributed by atoms with van der Waals surface area (Å²) in [4.78, 5) is 14.7. The third-order valence-electron chi connectivity index (χ3n) is 6.38. The van der Waals surface area contributed by atoms with Gasteiger partial charge in [-0.25, -0.2) is 0 Å². The number of fused-ring (bicyclic) bond motifs is 1. The lowest BCUT2D eigenvalue weighted by Crippen LogP contribution is -2.65. The number of benzene rings is 1. The van der Waals surface area contributed by atoms with E-state index in [4.69, 9.17) is 4.74 Å². The lowest BCUT2D eigenvalue weighted by atomic mass is 9.56. The molecular weight excluding hydrogens is 302 g/mol. The zero-order valence-electron chi connectivity index (χ0n) is 14.5. The Bertz CT molecular complexity index is 642. The van der Waals surface area contributed by atoms with Crippen LogP contribution in [-0.2, 0) is 10.2 Å². The highest BCUT2D eigenvalue weighted by Crippen LogP contribution is 2.51. The highest BCUT2D eigenvalue weighted by molar-refractivity contribution is 5.82. The van der Waals surface area contributed by atoms with Crippen molar-refractivity contribution >= 4 is 5.78 Å². The van der Waals surface area contributed by atoms with E-state index in [9.17, 15) is 9.90 Å². The van der Waals surface area contributed by atoms with Crippen molar-refractivity contribution < 1.29 is 14.6 Å². The molecule has 24 heavy (non-hydrogen) atoms. The Morgan fingerprint density at radius 3 is 2.92 bits per heavy atom. The largest absolute Gasteiger partial charge is 0.497 e. The van der Waals surface area contributed by atoms with Crippen LogP contribution in [0, 0.1) is 5.92 Å². The highest BCUT2D eigenvalue weighted by Gasteiger charge is 2.57. The van der Waals surface area contributed by atoms with Gasteiger partial charge in [-0.15, -0.1) is 0 Å². The summed E-state index contributed by atoms with van der Waals surface area (Å²) in [7, 11) is 1.66. The molecule has 0 aromatic heterocycles. The quantitative estimate of drug-likeness (QED) is 0.922. The maximum Gasteiger partial charge on any atom is 0.134 e. The highest BCUT2D eigenvalue weighted by atomic mass is 16.5. The molecule has 2 saturated carbocycles. The van der Waals surface area contributed by atoms with E-state index < -0.39 is 11.0 Å². The molecule has 1 N–H and O–H groups in total. The number of β-amino-alcohol motifs (C(OH)–C–C–N with tert-alkyl or cyclic N) is 1. The number of hydrogen-bond donors (Lipinski definition) is 1. The number of ketones is 1. The van der Waals surface area contributed by atoms with Gasteiger partial charge in [0.05, 0.1) is 12.7 Å². The van der Waals surface area contributed by atoms with Crippen molar-refractivity contribution in [3.8, 4) is 5.75 Å². The van der Waals surface area contributed by atoms with E-state index in [0.717, 1.165) is 36.7 Å². The zero-order chi connectivity index (χ0) is 16.8. The Morgan fingerprint density at radius 1 is 1.33 bits per heavy atom. The number of aliphatic hydroxyl groups is 1. The fourth-order valence-corrected chi connectivity index (χ4v) is 4.78. The van der Waals surface area contributed by atoms with Crippen molar-refractivity contribution in [3.63, 3.8) is 0 Å². The summed E-state index contributed by atoms with van der Waals surface area (Å²) in [6.45, 7) is 2.75. The minimum absolute atomic E-state index is 0.276. The molecule has 1 aliphatic heterocycles. The molecule has 0 amide bonds. The molecule has 0 spiro atoms. The van der Waals surface area contributed by atoms with Crippen LogP contribution in [0.5, 0.6) is 5.75 Å². The maximum atomic E-state index is 12.3. The number of hydrogen-bond acceptors (Lipinski definition) is 4. The summed E-state index contributed by atoms with van der Waals surface area (Å²) >= 11 is 0. The van der Waals surface area contributed by atoms with Crippen molar-refractivity contribution in [3.05, 3.63) is 29.8 Å². The second kappa shape index (κ2) is 5.85. The number of carbonyl (C=O) groups is 1. The molecule has 1 aromatic carbocycles. The predicted molar refractivity (Wildman–Crippen MR) is 92.3 cm³/mol. The Morgan fingerprint density at radius 2 is 2.17 bits per heavy atom. The zero-order valence-corrected chi connectivity index (χ0v) is 14.5. The molecule has 2 atom stereocenters. The average molecular weight is 329 g/mol. The summed E-state index contributed by atoms with van der Waals surface area (Å²) in [6, 6.07) is 7.97. The van der Waals surface area contributed by atoms with Crippen LogP contribution in [-0.4, -0.2) is 48.1 Å². The maximum absolute atomic E-state index is 12.3. The SMILES string of the molecule is COc1cccc(C23CCN(CC4CC4)CC2(O)CCC(=O)C3)c1. The second-order valence-corrected chi connectivity index (χ2v) is 7.99. The van der Waals surface area contributed by atoms with Gasteiger partial charge < -0.3 is 14.7 Å². The molecule has 2 aliphatic carbocycles. The molecule has 130 valence electrons. The van der Waals surface area contributed by atoms with Gasteiger partial charge in [-0.1, -0.05) is 12.1 Å². The van der Waals surface area contributed by atoms with E-state index in [1.165, 1.54) is 12.8 Å². The third kappa shape index (κ3) is 2.66. The molecule has 1 saturated heterocycles. The van der Waals surface area contributed by atoms with Crippen LogP contribution in [0.25, 0.3) is 0 Å². The normalized spacial score (nSPS) is 34.0. The summed E-state index contributed by atoms with van der Waals surface area (Å²) in [5.41, 5.74) is -0.222. The summed E-state index contributed by atoms with van der Waals surface area (Å²) in [5.74, 6) is 1.89. The predicted octanol–water partition coefficient (Wildman–Crippen LogP) is 2.53. The van der Waals surface area contributed by atoms with Crippen LogP contribution in [0.15, 0.2) is 24.3 Å². The van der Waals surface area contributed by atoms with Gasteiger partial charge in [0.2, 0.25) is 0 Å². The van der Waals surface area contributed by atoms with Gasteiger partial charge in [-0.05, 0) is 55.8 Å². The van der Waals surface area contributed by atoms with Gasteiger partial charge in [0.25, 0.3) is 0 Å². The first-order valence-electron chi connectivity index (χ1n) is 9.16. The number of piperidine rings is 1. The van der Waals surface area contributed by atoms with Crippen molar-refractivity contribution in [2.45, 2.75) is 49.5 Å². The number of ether oxygens (including phenoxy) is 1. The Hall–Kier alpha value is -1.39. The van der Waals surface area contributed by atoms with E-state index >= 15 is 0 Å². The molecule has 2 unspecified atom stereocenters. The van der Waals surface area contributed by atoms with Crippen LogP contribution in [0.2, 0.25) is 0 Å². The van der Waals surface area contributed by atoms with Crippen LogP contribution in [0.3, 0.4) is 0 Å². The molecule has 0 bridgehead atoms. The number of nitrogens with zero attached hydrogens (tertiary/aromatic N) is 1. The van der Waals surface area contributed by atoms with E-state index in [1.807, 2.05) is 18.2 Å². The monoisotopic (exact) mass is 329 g/mol. The van der Waals surface area contributed by atoms with E-state index in [1.54, 1.807) is 7.11 Å². The Labute approximate surface area is 143 Å². The minimum atomic E-state index is -0.819. The number of rotatable bonds is 4. The van der Waals surface area contributed by atoms with Crippen LogP contribution >= 0.6 is 0 Å². The summed E-state index contributed by atoms with van der Waals surface area (Å²) < 4.78 is 5.39. The third-order valence-corrected chi connectivity index (χ3v) is 6.38. The number of likely N-dealkylation sites (tertiary alicyclic amines) is 1. The van der Waals surface area contributed by atoms with Crippen LogP contribution in [0.4, 0.5) is 0 Å². The molecule has 3 fully saturated rings. The smallest absolute Gasteiger partial charge is 0.134 e. The van der Waals surface area contributed by atoms with Crippen LogP contribution in [0.1, 0.15) is 44.1 Å². The van der Waals surface area contributed by atoms with Gasteiger partial charge in [-0.2, -0.15) is 0 Å². The molecule has 3 aliphatic rings. The fourth-order valence-electron chi connectivity index (χ4n) is 4.78. The van der Waals surface area contributed by atoms with E-state index in [0.29, 0.717) is 25.8 Å². The lowest BCUT2D eigenvalue weighted by molar-refractivity contribution is -0.147. The first-order valence-corrected chi connectivity index (χ1v) is 9.16. The summed E-state index contributed by atoms with van der Waals surface area (Å²) in [5, 5.41) is 11.6.